The van der Waals surface area contributed by atoms with E-state index < -0.39 is 0 Å². The average molecular weight is 213 g/mol. The number of hydrogen-bond acceptors (Lipinski definition) is 3. The zero-order valence-electron chi connectivity index (χ0n) is 9.14. The Balaban J connectivity index is 1.98. The predicted octanol–water partition coefficient (Wildman–Crippen LogP) is -0.762. The highest BCUT2D eigenvalue weighted by atomic mass is 16.2. The van der Waals surface area contributed by atoms with Gasteiger partial charge >= 0.3 is 0 Å². The first-order valence-electron chi connectivity index (χ1n) is 5.40. The Morgan fingerprint density at radius 2 is 2.20 bits per heavy atom. The summed E-state index contributed by atoms with van der Waals surface area (Å²) in [5.41, 5.74) is 0. The smallest absolute Gasteiger partial charge is 0.239 e. The lowest BCUT2D eigenvalue weighted by atomic mass is 10.1. The summed E-state index contributed by atoms with van der Waals surface area (Å²) < 4.78 is 0. The van der Waals surface area contributed by atoms with E-state index in [1.165, 1.54) is 13.3 Å². The molecule has 1 atom stereocenters. The molecular weight excluding hydrogens is 194 g/mol. The molecular formula is C10H19N3O2. The molecule has 0 aromatic carbocycles. The largest absolute Gasteiger partial charge is 0.355 e. The van der Waals surface area contributed by atoms with E-state index in [1.54, 1.807) is 0 Å². The van der Waals surface area contributed by atoms with Gasteiger partial charge in [-0.15, -0.1) is 0 Å². The molecule has 1 heterocycles. The number of carbonyl (C=O) groups excluding carboxylic acids is 2. The Bertz CT molecular complexity index is 225. The summed E-state index contributed by atoms with van der Waals surface area (Å²) in [5, 5.41) is 8.52. The molecule has 1 aliphatic heterocycles. The van der Waals surface area contributed by atoms with Crippen LogP contribution in [0.4, 0.5) is 0 Å². The van der Waals surface area contributed by atoms with Crippen molar-refractivity contribution in [1.29, 1.82) is 0 Å². The van der Waals surface area contributed by atoms with E-state index in [9.17, 15) is 9.59 Å². The minimum absolute atomic E-state index is 0.0816. The van der Waals surface area contributed by atoms with E-state index in [0.29, 0.717) is 12.5 Å². The maximum atomic E-state index is 11.2. The van der Waals surface area contributed by atoms with Gasteiger partial charge in [-0.2, -0.15) is 0 Å². The number of nitrogens with one attached hydrogen (secondary N) is 3. The van der Waals surface area contributed by atoms with Gasteiger partial charge in [-0.1, -0.05) is 0 Å². The monoisotopic (exact) mass is 213 g/mol. The molecule has 1 saturated heterocycles. The van der Waals surface area contributed by atoms with Gasteiger partial charge in [0.15, 0.2) is 0 Å². The number of amides is 2. The van der Waals surface area contributed by atoms with Gasteiger partial charge in [-0.05, 0) is 31.8 Å². The fraction of sp³-hybridized carbons (Fsp3) is 0.800. The van der Waals surface area contributed by atoms with Crippen molar-refractivity contribution in [3.8, 4) is 0 Å². The number of rotatable bonds is 5. The summed E-state index contributed by atoms with van der Waals surface area (Å²) in [5.74, 6) is 0.396. The molecule has 5 heteroatoms. The Kier molecular flexibility index (Phi) is 5.10. The second-order valence-electron chi connectivity index (χ2n) is 3.91. The van der Waals surface area contributed by atoms with Crippen molar-refractivity contribution in [3.63, 3.8) is 0 Å². The standard InChI is InChI=1S/C10H19N3O2/c1-8(14)13-7-10(15)12-5-3-9-2-4-11-6-9/h9,11H,2-7H2,1H3,(H,12,15)(H,13,14). The first-order chi connectivity index (χ1) is 7.18. The highest BCUT2D eigenvalue weighted by Crippen LogP contribution is 2.10. The third-order valence-electron chi connectivity index (χ3n) is 2.54. The Morgan fingerprint density at radius 1 is 1.40 bits per heavy atom. The molecule has 0 aliphatic carbocycles. The first-order valence-corrected chi connectivity index (χ1v) is 5.40. The van der Waals surface area contributed by atoms with Crippen molar-refractivity contribution in [2.24, 2.45) is 5.92 Å². The third-order valence-corrected chi connectivity index (χ3v) is 2.54. The van der Waals surface area contributed by atoms with Gasteiger partial charge in [0.1, 0.15) is 0 Å². The highest BCUT2D eigenvalue weighted by Gasteiger charge is 2.13. The van der Waals surface area contributed by atoms with Gasteiger partial charge in [-0.3, -0.25) is 9.59 Å². The van der Waals surface area contributed by atoms with Crippen molar-refractivity contribution >= 4 is 11.8 Å². The predicted molar refractivity (Wildman–Crippen MR) is 57.3 cm³/mol. The van der Waals surface area contributed by atoms with Crippen LogP contribution >= 0.6 is 0 Å². The lowest BCUT2D eigenvalue weighted by molar-refractivity contribution is -0.125. The van der Waals surface area contributed by atoms with Crippen LogP contribution in [0.25, 0.3) is 0 Å². The van der Waals surface area contributed by atoms with E-state index in [2.05, 4.69) is 16.0 Å². The fourth-order valence-corrected chi connectivity index (χ4v) is 1.64. The molecule has 1 unspecified atom stereocenters. The molecule has 1 fully saturated rings. The zero-order chi connectivity index (χ0) is 11.1. The minimum atomic E-state index is -0.176. The van der Waals surface area contributed by atoms with Crippen LogP contribution < -0.4 is 16.0 Å². The van der Waals surface area contributed by atoms with Crippen LogP contribution in [0.5, 0.6) is 0 Å². The quantitative estimate of drug-likeness (QED) is 0.562. The molecule has 15 heavy (non-hydrogen) atoms. The van der Waals surface area contributed by atoms with Crippen LogP contribution in [-0.2, 0) is 9.59 Å². The first kappa shape index (κ1) is 12.0. The summed E-state index contributed by atoms with van der Waals surface area (Å²) in [6.45, 7) is 4.33. The SMILES string of the molecule is CC(=O)NCC(=O)NCCC1CCNC1. The second kappa shape index (κ2) is 6.40. The van der Waals surface area contributed by atoms with Crippen molar-refractivity contribution < 1.29 is 9.59 Å². The van der Waals surface area contributed by atoms with Crippen LogP contribution in [0.3, 0.4) is 0 Å². The van der Waals surface area contributed by atoms with Gasteiger partial charge in [-0.25, -0.2) is 0 Å². The number of carbonyl (C=O) groups is 2. The van der Waals surface area contributed by atoms with Gasteiger partial charge < -0.3 is 16.0 Å². The molecule has 1 rings (SSSR count). The summed E-state index contributed by atoms with van der Waals surface area (Å²) in [6.07, 6.45) is 2.21. The van der Waals surface area contributed by atoms with E-state index in [4.69, 9.17) is 0 Å². The van der Waals surface area contributed by atoms with Gasteiger partial charge in [0.05, 0.1) is 6.54 Å². The summed E-state index contributed by atoms with van der Waals surface area (Å²) in [4.78, 5) is 21.7. The molecule has 2 amide bonds. The molecule has 0 bridgehead atoms. The maximum absolute atomic E-state index is 11.2. The van der Waals surface area contributed by atoms with Crippen LogP contribution in [0.15, 0.2) is 0 Å². The van der Waals surface area contributed by atoms with Crippen molar-refractivity contribution in [2.45, 2.75) is 19.8 Å². The molecule has 0 spiro atoms. The van der Waals surface area contributed by atoms with E-state index in [-0.39, 0.29) is 18.4 Å². The van der Waals surface area contributed by atoms with Crippen molar-refractivity contribution in [1.82, 2.24) is 16.0 Å². The maximum Gasteiger partial charge on any atom is 0.239 e. The highest BCUT2D eigenvalue weighted by molar-refractivity contribution is 5.83. The normalized spacial score (nSPS) is 19.9. The Hall–Kier alpha value is -1.10. The average Bonchev–Trinajstić information content (AvgIpc) is 2.67. The van der Waals surface area contributed by atoms with Crippen LogP contribution in [0, 0.1) is 5.92 Å². The minimum Gasteiger partial charge on any atom is -0.355 e. The lowest BCUT2D eigenvalue weighted by Gasteiger charge is -2.09. The molecule has 5 nitrogen and oxygen atoms in total. The summed E-state index contributed by atoms with van der Waals surface area (Å²) in [6, 6.07) is 0. The second-order valence-corrected chi connectivity index (χ2v) is 3.91. The third kappa shape index (κ3) is 5.37. The van der Waals surface area contributed by atoms with Crippen LogP contribution in [0.2, 0.25) is 0 Å². The Morgan fingerprint density at radius 3 is 2.80 bits per heavy atom. The van der Waals surface area contributed by atoms with E-state index in [1.807, 2.05) is 0 Å². The fourth-order valence-electron chi connectivity index (χ4n) is 1.64. The van der Waals surface area contributed by atoms with Gasteiger partial charge in [0.25, 0.3) is 0 Å². The number of hydrogen-bond donors (Lipinski definition) is 3. The molecule has 3 N–H and O–H groups in total. The van der Waals surface area contributed by atoms with Crippen molar-refractivity contribution in [3.05, 3.63) is 0 Å². The molecule has 86 valence electrons. The Labute approximate surface area is 90.0 Å². The van der Waals surface area contributed by atoms with E-state index in [0.717, 1.165) is 19.5 Å². The summed E-state index contributed by atoms with van der Waals surface area (Å²) in [7, 11) is 0. The van der Waals surface area contributed by atoms with Crippen LogP contribution in [-0.4, -0.2) is 38.0 Å². The van der Waals surface area contributed by atoms with Gasteiger partial charge in [0.2, 0.25) is 11.8 Å². The molecule has 0 saturated carbocycles. The summed E-state index contributed by atoms with van der Waals surface area (Å²) >= 11 is 0. The molecule has 0 aromatic heterocycles. The van der Waals surface area contributed by atoms with E-state index >= 15 is 0 Å². The molecule has 0 radical (unpaired) electrons. The topological polar surface area (TPSA) is 70.2 Å². The van der Waals surface area contributed by atoms with Crippen molar-refractivity contribution in [2.75, 3.05) is 26.2 Å². The van der Waals surface area contributed by atoms with Crippen LogP contribution in [0.1, 0.15) is 19.8 Å². The zero-order valence-corrected chi connectivity index (χ0v) is 9.14. The lowest BCUT2D eigenvalue weighted by Crippen LogP contribution is -2.36. The molecule has 0 aromatic rings. The van der Waals surface area contributed by atoms with Gasteiger partial charge in [0, 0.05) is 13.5 Å². The molecule has 1 aliphatic rings.